The lowest BCUT2D eigenvalue weighted by molar-refractivity contribution is 0.221. The van der Waals surface area contributed by atoms with Crippen molar-refractivity contribution in [1.82, 2.24) is 0 Å². The molecule has 3 heteroatoms. The fourth-order valence-corrected chi connectivity index (χ4v) is 2.88. The summed E-state index contributed by atoms with van der Waals surface area (Å²) in [6.45, 7) is 4.01. The van der Waals surface area contributed by atoms with Crippen LogP contribution in [0.5, 0.6) is 0 Å². The largest absolute Gasteiger partial charge is 0.415 e. The average Bonchev–Trinajstić information content (AvgIpc) is 2.18. The third-order valence-electron chi connectivity index (χ3n) is 2.57. The highest BCUT2D eigenvalue weighted by Crippen LogP contribution is 2.33. The van der Waals surface area contributed by atoms with Gasteiger partial charge >= 0.3 is 0 Å². The lowest BCUT2D eigenvalue weighted by Gasteiger charge is -2.21. The normalized spacial score (nSPS) is 21.2. The van der Waals surface area contributed by atoms with E-state index < -0.39 is 0 Å². The Morgan fingerprint density at radius 2 is 1.85 bits per heavy atom. The molecule has 0 spiro atoms. The SMILES string of the molecule is C/C(ON)=C(/C)SC1CCCCC1. The van der Waals surface area contributed by atoms with E-state index in [1.807, 2.05) is 18.7 Å². The maximum atomic E-state index is 5.11. The molecule has 1 aliphatic rings. The molecule has 0 heterocycles. The number of thioether (sulfide) groups is 1. The first-order valence-electron chi connectivity index (χ1n) is 4.95. The topological polar surface area (TPSA) is 35.2 Å². The molecule has 0 aromatic heterocycles. The molecule has 1 fully saturated rings. The van der Waals surface area contributed by atoms with E-state index in [2.05, 4.69) is 6.92 Å². The lowest BCUT2D eigenvalue weighted by atomic mass is 10.0. The van der Waals surface area contributed by atoms with Gasteiger partial charge in [0, 0.05) is 10.2 Å². The van der Waals surface area contributed by atoms with Crippen molar-refractivity contribution in [1.29, 1.82) is 0 Å². The van der Waals surface area contributed by atoms with Crippen LogP contribution in [0.1, 0.15) is 46.0 Å². The second-order valence-electron chi connectivity index (χ2n) is 3.61. The summed E-state index contributed by atoms with van der Waals surface area (Å²) in [5.74, 6) is 5.96. The molecule has 0 aromatic carbocycles. The Morgan fingerprint density at radius 1 is 1.23 bits per heavy atom. The molecule has 13 heavy (non-hydrogen) atoms. The first kappa shape index (κ1) is 10.9. The van der Waals surface area contributed by atoms with E-state index in [1.54, 1.807) is 0 Å². The quantitative estimate of drug-likeness (QED) is 0.562. The van der Waals surface area contributed by atoms with Crippen LogP contribution in [0.3, 0.4) is 0 Å². The number of hydrogen-bond acceptors (Lipinski definition) is 3. The minimum atomic E-state index is 0.791. The smallest absolute Gasteiger partial charge is 0.130 e. The van der Waals surface area contributed by atoms with Gasteiger partial charge in [0.15, 0.2) is 0 Å². The second kappa shape index (κ2) is 5.55. The number of allylic oxidation sites excluding steroid dienone is 2. The van der Waals surface area contributed by atoms with Gasteiger partial charge in [-0.1, -0.05) is 19.3 Å². The molecule has 0 unspecified atom stereocenters. The van der Waals surface area contributed by atoms with Gasteiger partial charge in [-0.05, 0) is 26.7 Å². The first-order valence-corrected chi connectivity index (χ1v) is 5.83. The van der Waals surface area contributed by atoms with Crippen LogP contribution >= 0.6 is 11.8 Å². The van der Waals surface area contributed by atoms with E-state index in [-0.39, 0.29) is 0 Å². The molecule has 76 valence electrons. The monoisotopic (exact) mass is 201 g/mol. The van der Waals surface area contributed by atoms with Crippen LogP contribution in [0, 0.1) is 0 Å². The zero-order valence-electron chi connectivity index (χ0n) is 8.51. The molecule has 0 bridgehead atoms. The summed E-state index contributed by atoms with van der Waals surface area (Å²) in [6, 6.07) is 0. The second-order valence-corrected chi connectivity index (χ2v) is 5.12. The Bertz CT molecular complexity index is 185. The van der Waals surface area contributed by atoms with Crippen molar-refractivity contribution in [3.63, 3.8) is 0 Å². The standard InChI is InChI=1S/C10H19NOS/c1-8(12-11)9(2)13-10-6-4-3-5-7-10/h10H,3-7,11H2,1-2H3/b9-8+. The van der Waals surface area contributed by atoms with Crippen LogP contribution in [-0.2, 0) is 4.84 Å². The third kappa shape index (κ3) is 3.61. The van der Waals surface area contributed by atoms with Crippen molar-refractivity contribution in [3.8, 4) is 0 Å². The van der Waals surface area contributed by atoms with Gasteiger partial charge in [0.1, 0.15) is 5.76 Å². The van der Waals surface area contributed by atoms with Gasteiger partial charge in [-0.15, -0.1) is 11.8 Å². The molecule has 0 aliphatic heterocycles. The number of rotatable bonds is 3. The zero-order valence-corrected chi connectivity index (χ0v) is 9.32. The number of nitrogens with two attached hydrogens (primary N) is 1. The maximum Gasteiger partial charge on any atom is 0.130 e. The van der Waals surface area contributed by atoms with E-state index in [1.165, 1.54) is 37.0 Å². The Kier molecular flexibility index (Phi) is 4.67. The van der Waals surface area contributed by atoms with Crippen molar-refractivity contribution < 1.29 is 4.84 Å². The first-order chi connectivity index (χ1) is 6.24. The van der Waals surface area contributed by atoms with Crippen LogP contribution in [-0.4, -0.2) is 5.25 Å². The molecular weight excluding hydrogens is 182 g/mol. The minimum Gasteiger partial charge on any atom is -0.415 e. The van der Waals surface area contributed by atoms with Crippen molar-refractivity contribution in [2.75, 3.05) is 0 Å². The van der Waals surface area contributed by atoms with E-state index >= 15 is 0 Å². The van der Waals surface area contributed by atoms with Crippen LogP contribution in [0.4, 0.5) is 0 Å². The molecule has 0 radical (unpaired) electrons. The van der Waals surface area contributed by atoms with E-state index in [4.69, 9.17) is 10.7 Å². The predicted molar refractivity (Wildman–Crippen MR) is 58.1 cm³/mol. The van der Waals surface area contributed by atoms with Gasteiger partial charge in [-0.2, -0.15) is 5.90 Å². The molecule has 2 N–H and O–H groups in total. The van der Waals surface area contributed by atoms with Crippen molar-refractivity contribution in [2.45, 2.75) is 51.2 Å². The van der Waals surface area contributed by atoms with E-state index in [9.17, 15) is 0 Å². The highest BCUT2D eigenvalue weighted by atomic mass is 32.2. The highest BCUT2D eigenvalue weighted by molar-refractivity contribution is 8.03. The van der Waals surface area contributed by atoms with Crippen LogP contribution in [0.25, 0.3) is 0 Å². The summed E-state index contributed by atoms with van der Waals surface area (Å²) >= 11 is 1.93. The van der Waals surface area contributed by atoms with Gasteiger partial charge in [-0.25, -0.2) is 0 Å². The van der Waals surface area contributed by atoms with Crippen molar-refractivity contribution in [3.05, 3.63) is 10.7 Å². The summed E-state index contributed by atoms with van der Waals surface area (Å²) in [6.07, 6.45) is 6.87. The molecule has 0 aromatic rings. The van der Waals surface area contributed by atoms with Gasteiger partial charge < -0.3 is 4.84 Å². The number of hydrogen-bond donors (Lipinski definition) is 1. The molecule has 0 atom stereocenters. The summed E-state index contributed by atoms with van der Waals surface area (Å²) in [5.41, 5.74) is 0. The maximum absolute atomic E-state index is 5.11. The van der Waals surface area contributed by atoms with Gasteiger partial charge in [0.25, 0.3) is 0 Å². The minimum absolute atomic E-state index is 0.791. The Morgan fingerprint density at radius 3 is 2.38 bits per heavy atom. The highest BCUT2D eigenvalue weighted by Gasteiger charge is 2.15. The molecule has 2 nitrogen and oxygen atoms in total. The molecule has 1 aliphatic carbocycles. The van der Waals surface area contributed by atoms with Gasteiger partial charge in [0.05, 0.1) is 0 Å². The average molecular weight is 201 g/mol. The van der Waals surface area contributed by atoms with E-state index in [0.717, 1.165) is 11.0 Å². The Labute approximate surface area is 84.9 Å². The third-order valence-corrected chi connectivity index (χ3v) is 4.01. The predicted octanol–water partition coefficient (Wildman–Crippen LogP) is 3.19. The van der Waals surface area contributed by atoms with E-state index in [0.29, 0.717) is 0 Å². The molecule has 1 rings (SSSR count). The van der Waals surface area contributed by atoms with Crippen LogP contribution < -0.4 is 5.90 Å². The summed E-state index contributed by atoms with van der Waals surface area (Å²) in [5, 5.41) is 0.791. The molecule has 0 amide bonds. The van der Waals surface area contributed by atoms with Gasteiger partial charge in [0.2, 0.25) is 0 Å². The molecule has 0 saturated heterocycles. The van der Waals surface area contributed by atoms with Crippen LogP contribution in [0.15, 0.2) is 10.7 Å². The van der Waals surface area contributed by atoms with Crippen LogP contribution in [0.2, 0.25) is 0 Å². The van der Waals surface area contributed by atoms with Crippen molar-refractivity contribution in [2.24, 2.45) is 5.90 Å². The summed E-state index contributed by atoms with van der Waals surface area (Å²) < 4.78 is 0. The summed E-state index contributed by atoms with van der Waals surface area (Å²) in [7, 11) is 0. The Hall–Kier alpha value is -0.150. The summed E-state index contributed by atoms with van der Waals surface area (Å²) in [4.78, 5) is 5.94. The molecular formula is C10H19NOS. The fraction of sp³-hybridized carbons (Fsp3) is 0.800. The zero-order chi connectivity index (χ0) is 9.68. The molecule has 1 saturated carbocycles. The Balaban J connectivity index is 2.38. The fourth-order valence-electron chi connectivity index (χ4n) is 1.60. The lowest BCUT2D eigenvalue weighted by Crippen LogP contribution is -2.08. The van der Waals surface area contributed by atoms with Crippen molar-refractivity contribution >= 4 is 11.8 Å². The van der Waals surface area contributed by atoms with Gasteiger partial charge in [-0.3, -0.25) is 0 Å².